The van der Waals surface area contributed by atoms with E-state index >= 15 is 0 Å². The number of aromatic nitrogens is 1. The molecule has 1 N–H and O–H groups in total. The van der Waals surface area contributed by atoms with Crippen molar-refractivity contribution in [3.05, 3.63) is 54.4 Å². The molecule has 1 saturated heterocycles. The number of carbonyl (C=O) groups is 3. The molecule has 2 aromatic rings. The Morgan fingerprint density at radius 2 is 1.66 bits per heavy atom. The molecule has 1 aromatic carbocycles. The normalized spacial score (nSPS) is 18.1. The van der Waals surface area contributed by atoms with Crippen LogP contribution < -0.4 is 10.2 Å². The molecule has 1 aliphatic heterocycles. The van der Waals surface area contributed by atoms with Crippen molar-refractivity contribution in [1.29, 1.82) is 0 Å². The van der Waals surface area contributed by atoms with E-state index in [0.717, 1.165) is 17.0 Å². The van der Waals surface area contributed by atoms with E-state index < -0.39 is 50.3 Å². The van der Waals surface area contributed by atoms with Crippen LogP contribution in [0, 0.1) is 0 Å². The minimum absolute atomic E-state index is 0.119. The molecule has 0 saturated carbocycles. The van der Waals surface area contributed by atoms with Crippen LogP contribution in [0.15, 0.2) is 53.7 Å². The Bertz CT molecular complexity index is 1150. The molecule has 13 heteroatoms. The van der Waals surface area contributed by atoms with Crippen LogP contribution in [0.3, 0.4) is 0 Å². The van der Waals surface area contributed by atoms with E-state index in [1.54, 1.807) is 12.1 Å². The Labute approximate surface area is 180 Å². The van der Waals surface area contributed by atoms with Crippen LogP contribution in [0.1, 0.15) is 25.6 Å². The quantitative estimate of drug-likeness (QED) is 0.671. The molecule has 0 aliphatic carbocycles. The number of carbonyl (C=O) groups excluding carboxylic acids is 3. The third-order valence-corrected chi connectivity index (χ3v) is 6.26. The van der Waals surface area contributed by atoms with Gasteiger partial charge >= 0.3 is 11.5 Å². The average molecular weight is 470 g/mol. The van der Waals surface area contributed by atoms with Crippen LogP contribution >= 0.6 is 0 Å². The standard InChI is InChI=1S/C19H17F3N4O5S/c1-11-17(28)26(14-3-5-15(6-4-14)32(30,31)19(20,21)22)18(29)25(11)16(24-12(2)27)13-7-9-23-10-8-13/h3-11,16H,1-2H3,(H,24,27). The minimum atomic E-state index is -5.58. The summed E-state index contributed by atoms with van der Waals surface area (Å²) in [5.74, 6) is -1.18. The van der Waals surface area contributed by atoms with E-state index in [4.69, 9.17) is 0 Å². The molecule has 170 valence electrons. The molecule has 0 spiro atoms. The number of alkyl halides is 3. The molecule has 1 fully saturated rings. The van der Waals surface area contributed by atoms with Crippen molar-refractivity contribution in [3.63, 3.8) is 0 Å². The molecular weight excluding hydrogens is 453 g/mol. The average Bonchev–Trinajstić information content (AvgIpc) is 2.94. The Morgan fingerprint density at radius 3 is 2.16 bits per heavy atom. The number of halogens is 3. The second-order valence-corrected chi connectivity index (χ2v) is 8.81. The van der Waals surface area contributed by atoms with Crippen molar-refractivity contribution in [1.82, 2.24) is 15.2 Å². The van der Waals surface area contributed by atoms with Crippen LogP contribution in [0.2, 0.25) is 0 Å². The van der Waals surface area contributed by atoms with Gasteiger partial charge in [0, 0.05) is 19.3 Å². The van der Waals surface area contributed by atoms with E-state index in [9.17, 15) is 36.0 Å². The van der Waals surface area contributed by atoms with E-state index in [1.165, 1.54) is 26.2 Å². The first-order chi connectivity index (χ1) is 14.9. The van der Waals surface area contributed by atoms with Crippen molar-refractivity contribution in [2.75, 3.05) is 4.90 Å². The lowest BCUT2D eigenvalue weighted by Crippen LogP contribution is -2.45. The fourth-order valence-corrected chi connectivity index (χ4v) is 3.97. The first kappa shape index (κ1) is 23.2. The monoisotopic (exact) mass is 470 g/mol. The van der Waals surface area contributed by atoms with Gasteiger partial charge in [0.25, 0.3) is 15.7 Å². The predicted molar refractivity (Wildman–Crippen MR) is 105 cm³/mol. The fraction of sp³-hybridized carbons (Fsp3) is 0.263. The molecule has 2 heterocycles. The number of hydrogen-bond donors (Lipinski definition) is 1. The van der Waals surface area contributed by atoms with Gasteiger partial charge in [-0.15, -0.1) is 0 Å². The number of benzene rings is 1. The molecule has 0 bridgehead atoms. The van der Waals surface area contributed by atoms with Crippen molar-refractivity contribution in [3.8, 4) is 0 Å². The number of anilines is 1. The number of amides is 4. The number of imide groups is 1. The van der Waals surface area contributed by atoms with Crippen molar-refractivity contribution < 1.29 is 36.0 Å². The summed E-state index contributed by atoms with van der Waals surface area (Å²) >= 11 is 0. The molecule has 3 rings (SSSR count). The number of hydrogen-bond acceptors (Lipinski definition) is 6. The molecule has 1 aromatic heterocycles. The molecule has 0 radical (unpaired) electrons. The Kier molecular flexibility index (Phi) is 5.96. The zero-order chi connectivity index (χ0) is 23.8. The number of urea groups is 1. The molecule has 2 atom stereocenters. The number of pyridine rings is 1. The number of rotatable bonds is 5. The highest BCUT2D eigenvalue weighted by atomic mass is 32.2. The Hall–Kier alpha value is -3.48. The topological polar surface area (TPSA) is 117 Å². The van der Waals surface area contributed by atoms with E-state index in [1.807, 2.05) is 0 Å². The van der Waals surface area contributed by atoms with Gasteiger partial charge in [-0.1, -0.05) is 0 Å². The summed E-state index contributed by atoms with van der Waals surface area (Å²) in [7, 11) is -5.58. The van der Waals surface area contributed by atoms with Gasteiger partial charge in [-0.3, -0.25) is 19.5 Å². The van der Waals surface area contributed by atoms with Gasteiger partial charge in [-0.05, 0) is 48.9 Å². The summed E-state index contributed by atoms with van der Waals surface area (Å²) in [6.07, 6.45) is 1.86. The maximum Gasteiger partial charge on any atom is 0.501 e. The van der Waals surface area contributed by atoms with Crippen molar-refractivity contribution in [2.24, 2.45) is 0 Å². The summed E-state index contributed by atoms with van der Waals surface area (Å²) in [5, 5.41) is 2.59. The largest absolute Gasteiger partial charge is 0.501 e. The lowest BCUT2D eigenvalue weighted by atomic mass is 10.1. The smallest absolute Gasteiger partial charge is 0.332 e. The van der Waals surface area contributed by atoms with Crippen LogP contribution in [0.5, 0.6) is 0 Å². The van der Waals surface area contributed by atoms with Gasteiger partial charge in [-0.25, -0.2) is 18.1 Å². The zero-order valence-corrected chi connectivity index (χ0v) is 17.5. The maximum absolute atomic E-state index is 13.1. The molecule has 32 heavy (non-hydrogen) atoms. The van der Waals surface area contributed by atoms with E-state index in [2.05, 4.69) is 10.3 Å². The van der Waals surface area contributed by atoms with Gasteiger partial charge in [0.05, 0.1) is 10.6 Å². The highest BCUT2D eigenvalue weighted by molar-refractivity contribution is 7.92. The number of nitrogens with zero attached hydrogens (tertiary/aromatic N) is 3. The van der Waals surface area contributed by atoms with E-state index in [0.29, 0.717) is 22.6 Å². The second kappa shape index (κ2) is 8.22. The lowest BCUT2D eigenvalue weighted by Gasteiger charge is -2.30. The Morgan fingerprint density at radius 1 is 1.09 bits per heavy atom. The van der Waals surface area contributed by atoms with Gasteiger partial charge in [-0.2, -0.15) is 13.2 Å². The summed E-state index contributed by atoms with van der Waals surface area (Å²) in [5.41, 5.74) is -5.14. The first-order valence-corrected chi connectivity index (χ1v) is 10.6. The zero-order valence-electron chi connectivity index (χ0n) is 16.7. The minimum Gasteiger partial charge on any atom is -0.332 e. The van der Waals surface area contributed by atoms with Crippen LogP contribution in [0.4, 0.5) is 23.7 Å². The fourth-order valence-electron chi connectivity index (χ4n) is 3.21. The van der Waals surface area contributed by atoms with Crippen molar-refractivity contribution >= 4 is 33.4 Å². The molecule has 1 aliphatic rings. The molecule has 2 unspecified atom stereocenters. The van der Waals surface area contributed by atoms with Crippen LogP contribution in [-0.4, -0.2) is 47.7 Å². The Balaban J connectivity index is 1.97. The molecule has 9 nitrogen and oxygen atoms in total. The van der Waals surface area contributed by atoms with Gasteiger partial charge in [0.15, 0.2) is 0 Å². The third-order valence-electron chi connectivity index (χ3n) is 4.76. The van der Waals surface area contributed by atoms with Crippen LogP contribution in [-0.2, 0) is 19.4 Å². The van der Waals surface area contributed by atoms with Gasteiger partial charge in [0.2, 0.25) is 5.91 Å². The predicted octanol–water partition coefficient (Wildman–Crippen LogP) is 2.37. The highest BCUT2D eigenvalue weighted by Gasteiger charge is 2.49. The summed E-state index contributed by atoms with van der Waals surface area (Å²) in [4.78, 5) is 42.4. The van der Waals surface area contributed by atoms with Gasteiger partial charge < -0.3 is 5.32 Å². The lowest BCUT2D eigenvalue weighted by molar-refractivity contribution is -0.123. The second-order valence-electron chi connectivity index (χ2n) is 6.87. The summed E-state index contributed by atoms with van der Waals surface area (Å²) in [6.45, 7) is 2.66. The SMILES string of the molecule is CC(=O)NC(c1ccncc1)N1C(=O)N(c2ccc(S(=O)(=O)C(F)(F)F)cc2)C(=O)C1C. The van der Waals surface area contributed by atoms with E-state index in [-0.39, 0.29) is 5.69 Å². The van der Waals surface area contributed by atoms with Crippen molar-refractivity contribution in [2.45, 2.75) is 36.5 Å². The molecule has 4 amide bonds. The molecular formula is C19H17F3N4O5S. The summed E-state index contributed by atoms with van der Waals surface area (Å²) < 4.78 is 61.3. The van der Waals surface area contributed by atoms with Gasteiger partial charge in [0.1, 0.15) is 12.2 Å². The third kappa shape index (κ3) is 4.02. The summed E-state index contributed by atoms with van der Waals surface area (Å²) in [6, 6.07) is 4.42. The van der Waals surface area contributed by atoms with Crippen LogP contribution in [0.25, 0.3) is 0 Å². The number of sulfone groups is 1. The first-order valence-electron chi connectivity index (χ1n) is 9.11. The maximum atomic E-state index is 13.1. The number of nitrogens with one attached hydrogen (secondary N) is 1. The highest BCUT2D eigenvalue weighted by Crippen LogP contribution is 2.34.